The summed E-state index contributed by atoms with van der Waals surface area (Å²) in [7, 11) is 2.19. The Kier molecular flexibility index (Phi) is 5.22. The van der Waals surface area contributed by atoms with E-state index in [1.807, 2.05) is 0 Å². The first-order chi connectivity index (χ1) is 9.18. The molecule has 0 radical (unpaired) electrons. The number of carbonyl (C=O) groups is 1. The Morgan fingerprint density at radius 2 is 2.11 bits per heavy atom. The van der Waals surface area contributed by atoms with Gasteiger partial charge in [0.15, 0.2) is 0 Å². The number of nitrogens with zero attached hydrogens (tertiary/aromatic N) is 1. The molecule has 1 aliphatic carbocycles. The molecular weight excluding hydrogens is 238 g/mol. The monoisotopic (exact) mass is 267 g/mol. The van der Waals surface area contributed by atoms with Crippen LogP contribution in [0.4, 0.5) is 0 Å². The number of rotatable bonds is 6. The van der Waals surface area contributed by atoms with Gasteiger partial charge < -0.3 is 15.5 Å². The fraction of sp³-hybridized carbons (Fsp3) is 0.933. The minimum absolute atomic E-state index is 0.201. The fourth-order valence-electron chi connectivity index (χ4n) is 3.50. The minimum Gasteiger partial charge on any atom is -0.353 e. The van der Waals surface area contributed by atoms with E-state index in [1.165, 1.54) is 25.7 Å². The second-order valence-corrected chi connectivity index (χ2v) is 6.14. The summed E-state index contributed by atoms with van der Waals surface area (Å²) in [5.41, 5.74) is -0.286. The topological polar surface area (TPSA) is 44.4 Å². The number of likely N-dealkylation sites (N-methyl/N-ethyl adjacent to an activating group) is 1. The van der Waals surface area contributed by atoms with Crippen LogP contribution in [0.1, 0.15) is 51.9 Å². The molecule has 1 unspecified atom stereocenters. The van der Waals surface area contributed by atoms with Gasteiger partial charge in [0.05, 0.1) is 5.54 Å². The molecular formula is C15H29N3O. The van der Waals surface area contributed by atoms with Crippen molar-refractivity contribution in [2.75, 3.05) is 26.7 Å². The molecule has 1 heterocycles. The standard InChI is InChI=1S/C15H29N3O/c1-3-15(9-6-10-17-15)14(19)16-11-12-18(2)13-7-4-5-8-13/h13,17H,3-12H2,1-2H3,(H,16,19). The molecule has 2 fully saturated rings. The molecule has 2 rings (SSSR count). The van der Waals surface area contributed by atoms with Crippen LogP contribution < -0.4 is 10.6 Å². The van der Waals surface area contributed by atoms with Gasteiger partial charge in [-0.15, -0.1) is 0 Å². The number of amides is 1. The lowest BCUT2D eigenvalue weighted by Crippen LogP contribution is -2.54. The predicted molar refractivity (Wildman–Crippen MR) is 78.2 cm³/mol. The molecule has 0 aromatic carbocycles. The van der Waals surface area contributed by atoms with Crippen LogP contribution in [-0.2, 0) is 4.79 Å². The summed E-state index contributed by atoms with van der Waals surface area (Å²) in [5, 5.41) is 6.51. The molecule has 19 heavy (non-hydrogen) atoms. The third kappa shape index (κ3) is 3.48. The van der Waals surface area contributed by atoms with Crippen molar-refractivity contribution in [2.24, 2.45) is 0 Å². The van der Waals surface area contributed by atoms with Crippen molar-refractivity contribution in [1.82, 2.24) is 15.5 Å². The summed E-state index contributed by atoms with van der Waals surface area (Å²) in [5.74, 6) is 0.201. The molecule has 0 bridgehead atoms. The highest BCUT2D eigenvalue weighted by molar-refractivity contribution is 5.86. The molecule has 4 nitrogen and oxygen atoms in total. The lowest BCUT2D eigenvalue weighted by molar-refractivity contribution is -0.127. The summed E-state index contributed by atoms with van der Waals surface area (Å²) in [6.45, 7) is 4.82. The summed E-state index contributed by atoms with van der Waals surface area (Å²) >= 11 is 0. The van der Waals surface area contributed by atoms with Gasteiger partial charge in [0.25, 0.3) is 0 Å². The fourth-order valence-corrected chi connectivity index (χ4v) is 3.50. The van der Waals surface area contributed by atoms with E-state index in [0.29, 0.717) is 0 Å². The van der Waals surface area contributed by atoms with Crippen molar-refractivity contribution in [3.8, 4) is 0 Å². The molecule has 1 saturated carbocycles. The van der Waals surface area contributed by atoms with E-state index in [9.17, 15) is 4.79 Å². The zero-order valence-electron chi connectivity index (χ0n) is 12.5. The molecule has 1 amide bonds. The SMILES string of the molecule is CCC1(C(=O)NCCN(C)C2CCCC2)CCCN1. The highest BCUT2D eigenvalue weighted by Crippen LogP contribution is 2.23. The van der Waals surface area contributed by atoms with Crippen LogP contribution >= 0.6 is 0 Å². The minimum atomic E-state index is -0.286. The van der Waals surface area contributed by atoms with Gasteiger partial charge >= 0.3 is 0 Å². The molecule has 0 aromatic rings. The highest BCUT2D eigenvalue weighted by Gasteiger charge is 2.38. The lowest BCUT2D eigenvalue weighted by atomic mass is 9.93. The maximum absolute atomic E-state index is 12.3. The maximum Gasteiger partial charge on any atom is 0.240 e. The van der Waals surface area contributed by atoms with E-state index in [-0.39, 0.29) is 11.4 Å². The van der Waals surface area contributed by atoms with Crippen LogP contribution in [0.15, 0.2) is 0 Å². The molecule has 110 valence electrons. The normalized spacial score (nSPS) is 28.2. The zero-order valence-corrected chi connectivity index (χ0v) is 12.5. The van der Waals surface area contributed by atoms with E-state index in [2.05, 4.69) is 29.5 Å². The van der Waals surface area contributed by atoms with Crippen LogP contribution in [0.25, 0.3) is 0 Å². The van der Waals surface area contributed by atoms with Gasteiger partial charge in [0.1, 0.15) is 0 Å². The van der Waals surface area contributed by atoms with Gasteiger partial charge in [-0.05, 0) is 45.7 Å². The van der Waals surface area contributed by atoms with Crippen molar-refractivity contribution >= 4 is 5.91 Å². The van der Waals surface area contributed by atoms with Gasteiger partial charge in [0, 0.05) is 19.1 Å². The van der Waals surface area contributed by atoms with Crippen LogP contribution in [0, 0.1) is 0 Å². The number of hydrogen-bond donors (Lipinski definition) is 2. The lowest BCUT2D eigenvalue weighted by Gasteiger charge is -2.28. The van der Waals surface area contributed by atoms with Crippen molar-refractivity contribution in [3.05, 3.63) is 0 Å². The molecule has 1 atom stereocenters. The maximum atomic E-state index is 12.3. The quantitative estimate of drug-likeness (QED) is 0.767. The largest absolute Gasteiger partial charge is 0.353 e. The Labute approximate surface area is 117 Å². The molecule has 4 heteroatoms. The van der Waals surface area contributed by atoms with Crippen LogP contribution in [0.3, 0.4) is 0 Å². The Balaban J connectivity index is 1.71. The average Bonchev–Trinajstić information content (AvgIpc) is 3.10. The predicted octanol–water partition coefficient (Wildman–Crippen LogP) is 1.51. The van der Waals surface area contributed by atoms with Gasteiger partial charge in [-0.2, -0.15) is 0 Å². The van der Waals surface area contributed by atoms with Crippen LogP contribution in [0.2, 0.25) is 0 Å². The number of hydrogen-bond acceptors (Lipinski definition) is 3. The third-order valence-corrected chi connectivity index (χ3v) is 4.98. The molecule has 1 saturated heterocycles. The van der Waals surface area contributed by atoms with Crippen molar-refractivity contribution < 1.29 is 4.79 Å². The van der Waals surface area contributed by atoms with E-state index in [1.54, 1.807) is 0 Å². The van der Waals surface area contributed by atoms with Crippen molar-refractivity contribution in [3.63, 3.8) is 0 Å². The van der Waals surface area contributed by atoms with Gasteiger partial charge in [-0.25, -0.2) is 0 Å². The second-order valence-electron chi connectivity index (χ2n) is 6.14. The van der Waals surface area contributed by atoms with Crippen LogP contribution in [0.5, 0.6) is 0 Å². The Bertz CT molecular complexity index is 294. The van der Waals surface area contributed by atoms with Crippen LogP contribution in [-0.4, -0.2) is 49.1 Å². The number of nitrogens with one attached hydrogen (secondary N) is 2. The average molecular weight is 267 g/mol. The van der Waals surface area contributed by atoms with Gasteiger partial charge in [-0.3, -0.25) is 4.79 Å². The summed E-state index contributed by atoms with van der Waals surface area (Å²) in [6, 6.07) is 0.738. The molecule has 0 spiro atoms. The summed E-state index contributed by atoms with van der Waals surface area (Å²) in [4.78, 5) is 14.7. The Morgan fingerprint density at radius 1 is 1.37 bits per heavy atom. The first-order valence-electron chi connectivity index (χ1n) is 7.91. The molecule has 1 aliphatic heterocycles. The van der Waals surface area contributed by atoms with E-state index in [0.717, 1.165) is 44.9 Å². The van der Waals surface area contributed by atoms with Gasteiger partial charge in [-0.1, -0.05) is 19.8 Å². The first kappa shape index (κ1) is 14.8. The summed E-state index contributed by atoms with van der Waals surface area (Å²) < 4.78 is 0. The Hall–Kier alpha value is -0.610. The van der Waals surface area contributed by atoms with Crippen molar-refractivity contribution in [1.29, 1.82) is 0 Å². The first-order valence-corrected chi connectivity index (χ1v) is 7.91. The molecule has 2 aliphatic rings. The Morgan fingerprint density at radius 3 is 2.68 bits per heavy atom. The zero-order chi connectivity index (χ0) is 13.7. The smallest absolute Gasteiger partial charge is 0.240 e. The molecule has 2 N–H and O–H groups in total. The van der Waals surface area contributed by atoms with E-state index >= 15 is 0 Å². The second kappa shape index (κ2) is 6.71. The third-order valence-electron chi connectivity index (χ3n) is 4.98. The highest BCUT2D eigenvalue weighted by atomic mass is 16.2. The van der Waals surface area contributed by atoms with E-state index < -0.39 is 0 Å². The molecule has 0 aromatic heterocycles. The van der Waals surface area contributed by atoms with Gasteiger partial charge in [0.2, 0.25) is 5.91 Å². The van der Waals surface area contributed by atoms with Crippen molar-refractivity contribution in [2.45, 2.75) is 63.5 Å². The van der Waals surface area contributed by atoms with E-state index in [4.69, 9.17) is 0 Å². The summed E-state index contributed by atoms with van der Waals surface area (Å²) in [6.07, 6.45) is 8.36. The number of carbonyl (C=O) groups excluding carboxylic acids is 1.